The first-order valence-electron chi connectivity index (χ1n) is 10.9. The maximum atomic E-state index is 13.6. The molecule has 1 saturated heterocycles. The minimum atomic E-state index is -0.645. The Hall–Kier alpha value is -3.68. The molecule has 2 atom stereocenters. The number of anilines is 1. The molecule has 0 aromatic heterocycles. The first-order valence-corrected chi connectivity index (χ1v) is 10.9. The number of benzene rings is 2. The van der Waals surface area contributed by atoms with Gasteiger partial charge in [0, 0.05) is 18.4 Å². The number of amides is 3. The molecule has 0 saturated carbocycles. The first kappa shape index (κ1) is 21.2. The van der Waals surface area contributed by atoms with E-state index in [9.17, 15) is 14.0 Å². The summed E-state index contributed by atoms with van der Waals surface area (Å²) in [7, 11) is 1.67. The van der Waals surface area contributed by atoms with Crippen LogP contribution >= 0.6 is 0 Å². The number of imide groups is 1. The molecule has 0 aliphatic carbocycles. The molecule has 3 aliphatic rings. The van der Waals surface area contributed by atoms with E-state index in [0.29, 0.717) is 11.5 Å². The van der Waals surface area contributed by atoms with Crippen LogP contribution in [0.3, 0.4) is 0 Å². The summed E-state index contributed by atoms with van der Waals surface area (Å²) in [5, 5.41) is 0. The van der Waals surface area contributed by atoms with E-state index in [4.69, 9.17) is 4.99 Å². The van der Waals surface area contributed by atoms with Crippen LogP contribution < -0.4 is 4.90 Å². The van der Waals surface area contributed by atoms with E-state index in [1.807, 2.05) is 30.9 Å². The van der Waals surface area contributed by atoms with E-state index < -0.39 is 18.2 Å². The zero-order chi connectivity index (χ0) is 23.6. The quantitative estimate of drug-likeness (QED) is 0.714. The van der Waals surface area contributed by atoms with Gasteiger partial charge in [-0.05, 0) is 62.6 Å². The van der Waals surface area contributed by atoms with Crippen LogP contribution in [0.1, 0.15) is 30.5 Å². The lowest BCUT2D eigenvalue weighted by Gasteiger charge is -2.40. The fourth-order valence-electron chi connectivity index (χ4n) is 4.80. The number of carbonyl (C=O) groups is 2. The number of aliphatic imine (C=N–C) groups is 1. The molecular weight excluding hydrogens is 421 g/mol. The lowest BCUT2D eigenvalue weighted by atomic mass is 10.1. The Bertz CT molecular complexity index is 1240. The van der Waals surface area contributed by atoms with Gasteiger partial charge in [0.05, 0.1) is 12.2 Å². The Morgan fingerprint density at radius 3 is 2.36 bits per heavy atom. The van der Waals surface area contributed by atoms with Crippen LogP contribution in [0.2, 0.25) is 0 Å². The van der Waals surface area contributed by atoms with Gasteiger partial charge in [-0.25, -0.2) is 14.2 Å². The van der Waals surface area contributed by atoms with Crippen LogP contribution in [-0.2, 0) is 11.3 Å². The van der Waals surface area contributed by atoms with Crippen molar-refractivity contribution >= 4 is 23.6 Å². The third-order valence-corrected chi connectivity index (χ3v) is 6.96. The molecule has 3 heterocycles. The zero-order valence-electron chi connectivity index (χ0n) is 19.3. The minimum absolute atomic E-state index is 0.0805. The number of urea groups is 1. The van der Waals surface area contributed by atoms with Crippen LogP contribution in [0.5, 0.6) is 0 Å². The Kier molecular flexibility index (Phi) is 4.77. The van der Waals surface area contributed by atoms with Gasteiger partial charge in [0.1, 0.15) is 5.82 Å². The first-order chi connectivity index (χ1) is 15.7. The summed E-state index contributed by atoms with van der Waals surface area (Å²) in [5.74, 6) is -0.00706. The molecule has 3 amide bonds. The third kappa shape index (κ3) is 3.04. The van der Waals surface area contributed by atoms with Crippen LogP contribution in [0.15, 0.2) is 58.9 Å². The molecule has 5 rings (SSSR count). The molecule has 7 nitrogen and oxygen atoms in total. The smallest absolute Gasteiger partial charge is 0.302 e. The van der Waals surface area contributed by atoms with E-state index in [1.165, 1.54) is 27.5 Å². The second-order valence-electron chi connectivity index (χ2n) is 8.83. The number of rotatable bonds is 3. The van der Waals surface area contributed by atoms with Crippen LogP contribution in [0, 0.1) is 19.7 Å². The number of guanidine groups is 1. The normalized spacial score (nSPS) is 22.3. The lowest BCUT2D eigenvalue weighted by Crippen LogP contribution is -2.64. The highest BCUT2D eigenvalue weighted by molar-refractivity contribution is 6.10. The Labute approximate surface area is 192 Å². The highest BCUT2D eigenvalue weighted by Gasteiger charge is 2.56. The van der Waals surface area contributed by atoms with Crippen molar-refractivity contribution in [1.82, 2.24) is 14.7 Å². The number of aryl methyl sites for hydroxylation is 1. The van der Waals surface area contributed by atoms with Crippen molar-refractivity contribution in [2.75, 3.05) is 11.9 Å². The van der Waals surface area contributed by atoms with E-state index in [0.717, 1.165) is 22.6 Å². The van der Waals surface area contributed by atoms with Crippen molar-refractivity contribution in [2.24, 2.45) is 4.99 Å². The molecule has 2 aromatic carbocycles. The average Bonchev–Trinajstić information content (AvgIpc) is 3.29. The van der Waals surface area contributed by atoms with Gasteiger partial charge >= 0.3 is 6.03 Å². The fourth-order valence-corrected chi connectivity index (χ4v) is 4.80. The van der Waals surface area contributed by atoms with E-state index in [2.05, 4.69) is 24.8 Å². The molecule has 2 aromatic rings. The number of nitrogens with zero attached hydrogens (tertiary/aromatic N) is 5. The Morgan fingerprint density at radius 1 is 0.970 bits per heavy atom. The second kappa shape index (κ2) is 7.43. The van der Waals surface area contributed by atoms with Crippen molar-refractivity contribution in [3.8, 4) is 0 Å². The van der Waals surface area contributed by atoms with Gasteiger partial charge in [0.2, 0.25) is 5.96 Å². The summed E-state index contributed by atoms with van der Waals surface area (Å²) in [5.41, 5.74) is 5.93. The number of hydrogen-bond acceptors (Lipinski definition) is 5. The number of carbonyl (C=O) groups excluding carboxylic acids is 2. The molecule has 170 valence electrons. The predicted octanol–water partition coefficient (Wildman–Crippen LogP) is 3.97. The summed E-state index contributed by atoms with van der Waals surface area (Å²) < 4.78 is 13.3. The van der Waals surface area contributed by atoms with E-state index in [1.54, 1.807) is 19.2 Å². The molecule has 0 N–H and O–H groups in total. The SMILES string of the molecule is CC1=C(C)N2C(=NC3C2C(=O)N(Cc2ccc(F)cc2)C(=O)N3C)N1c1cccc(C)c1C. The van der Waals surface area contributed by atoms with Gasteiger partial charge in [-0.15, -0.1) is 0 Å². The summed E-state index contributed by atoms with van der Waals surface area (Å²) >= 11 is 0. The maximum Gasteiger partial charge on any atom is 0.328 e. The largest absolute Gasteiger partial charge is 0.328 e. The molecule has 0 radical (unpaired) electrons. The monoisotopic (exact) mass is 447 g/mol. The summed E-state index contributed by atoms with van der Waals surface area (Å²) in [6.07, 6.45) is -0.611. The zero-order valence-corrected chi connectivity index (χ0v) is 19.3. The van der Waals surface area contributed by atoms with Gasteiger partial charge in [-0.2, -0.15) is 0 Å². The number of hydrogen-bond donors (Lipinski definition) is 0. The number of allylic oxidation sites excluding steroid dienone is 2. The molecular formula is C25H26FN5O2. The van der Waals surface area contributed by atoms with Crippen molar-refractivity contribution in [1.29, 1.82) is 0 Å². The molecule has 33 heavy (non-hydrogen) atoms. The topological polar surface area (TPSA) is 59.5 Å². The van der Waals surface area contributed by atoms with Crippen LogP contribution in [0.4, 0.5) is 14.9 Å². The minimum Gasteiger partial charge on any atom is -0.302 e. The van der Waals surface area contributed by atoms with Crippen molar-refractivity contribution in [3.05, 3.63) is 76.4 Å². The molecule has 0 bridgehead atoms. The molecule has 0 spiro atoms. The standard InChI is InChI=1S/C25H26FN5O2/c1-14-7-6-8-20(15(14)2)30-16(3)17(4)31-21-22(27-24(30)31)28(5)25(33)29(23(21)32)13-18-9-11-19(26)12-10-18/h6-12,21-22H,13H2,1-5H3. The maximum absolute atomic E-state index is 13.6. The van der Waals surface area contributed by atoms with Crippen molar-refractivity contribution in [3.63, 3.8) is 0 Å². The van der Waals surface area contributed by atoms with E-state index in [-0.39, 0.29) is 18.3 Å². The summed E-state index contributed by atoms with van der Waals surface area (Å²) in [6.45, 7) is 8.22. The number of likely N-dealkylation sites (N-methyl/N-ethyl adjacent to an activating group) is 1. The number of fused-ring (bicyclic) bond motifs is 3. The highest BCUT2D eigenvalue weighted by atomic mass is 19.1. The van der Waals surface area contributed by atoms with Crippen molar-refractivity contribution < 1.29 is 14.0 Å². The third-order valence-electron chi connectivity index (χ3n) is 6.96. The Balaban J connectivity index is 1.53. The Morgan fingerprint density at radius 2 is 1.67 bits per heavy atom. The van der Waals surface area contributed by atoms with Gasteiger partial charge in [-0.3, -0.25) is 19.5 Å². The van der Waals surface area contributed by atoms with Crippen molar-refractivity contribution in [2.45, 2.75) is 46.4 Å². The van der Waals surface area contributed by atoms with Gasteiger partial charge in [-0.1, -0.05) is 24.3 Å². The highest BCUT2D eigenvalue weighted by Crippen LogP contribution is 2.41. The predicted molar refractivity (Wildman–Crippen MR) is 124 cm³/mol. The molecule has 8 heteroatoms. The van der Waals surface area contributed by atoms with Crippen LogP contribution in [-0.4, -0.2) is 51.9 Å². The molecule has 1 fully saturated rings. The van der Waals surface area contributed by atoms with E-state index >= 15 is 0 Å². The van der Waals surface area contributed by atoms with Crippen LogP contribution in [0.25, 0.3) is 0 Å². The fraction of sp³-hybridized carbons (Fsp3) is 0.320. The molecule has 3 aliphatic heterocycles. The van der Waals surface area contributed by atoms with Gasteiger partial charge < -0.3 is 4.90 Å². The van der Waals surface area contributed by atoms with Gasteiger partial charge in [0.15, 0.2) is 12.2 Å². The average molecular weight is 448 g/mol. The second-order valence-corrected chi connectivity index (χ2v) is 8.83. The van der Waals surface area contributed by atoms with Gasteiger partial charge in [0.25, 0.3) is 5.91 Å². The summed E-state index contributed by atoms with van der Waals surface area (Å²) in [6, 6.07) is 10.9. The summed E-state index contributed by atoms with van der Waals surface area (Å²) in [4.78, 5) is 38.4. The lowest BCUT2D eigenvalue weighted by molar-refractivity contribution is -0.137. The molecule has 2 unspecified atom stereocenters. The number of halogens is 1.